The second-order valence-corrected chi connectivity index (χ2v) is 13.2. The largest absolute Gasteiger partial charge is 0.456 e. The molecule has 0 fully saturated rings. The standard InChI is InChI=1S/C42H23N3O2S/c1-3-12-24(13-4-1)36-40-37(41-39(47-40)27-17-8-10-21-33(27)48-41)44-42(43-36)29-18-11-19-30-34(29)28-22-23-32-35(26-16-7-9-20-31(26)46-32)38(28)45(30)25-14-5-2-6-15-25/h1-23H. The Morgan fingerprint density at radius 2 is 1.31 bits per heavy atom. The smallest absolute Gasteiger partial charge is 0.181 e. The minimum Gasteiger partial charge on any atom is -0.456 e. The van der Waals surface area contributed by atoms with Gasteiger partial charge < -0.3 is 13.4 Å². The molecule has 0 spiro atoms. The fourth-order valence-electron chi connectivity index (χ4n) is 7.39. The molecule has 11 rings (SSSR count). The summed E-state index contributed by atoms with van der Waals surface area (Å²) in [5, 5.41) is 5.50. The van der Waals surface area contributed by atoms with Crippen LogP contribution in [-0.4, -0.2) is 14.5 Å². The zero-order valence-corrected chi connectivity index (χ0v) is 26.2. The van der Waals surface area contributed by atoms with E-state index in [1.165, 1.54) is 4.70 Å². The average Bonchev–Trinajstić information content (AvgIpc) is 3.89. The molecule has 6 aromatic carbocycles. The number of fused-ring (bicyclic) bond motifs is 12. The van der Waals surface area contributed by atoms with Crippen molar-refractivity contribution in [3.8, 4) is 28.3 Å². The van der Waals surface area contributed by atoms with E-state index in [-0.39, 0.29) is 0 Å². The molecule has 0 atom stereocenters. The summed E-state index contributed by atoms with van der Waals surface area (Å²) in [6, 6.07) is 48.2. The van der Waals surface area contributed by atoms with E-state index in [9.17, 15) is 0 Å². The number of furan rings is 2. The van der Waals surface area contributed by atoms with Gasteiger partial charge in [-0.05, 0) is 48.5 Å². The molecule has 11 aromatic rings. The fraction of sp³-hybridized carbons (Fsp3) is 0. The molecular weight excluding hydrogens is 611 g/mol. The van der Waals surface area contributed by atoms with Crippen molar-refractivity contribution in [3.63, 3.8) is 0 Å². The van der Waals surface area contributed by atoms with Crippen LogP contribution in [0.5, 0.6) is 0 Å². The maximum Gasteiger partial charge on any atom is 0.181 e. The summed E-state index contributed by atoms with van der Waals surface area (Å²) in [6.07, 6.45) is 0. The minimum absolute atomic E-state index is 0.663. The Labute approximate surface area is 276 Å². The number of nitrogens with zero attached hydrogens (tertiary/aromatic N) is 3. The van der Waals surface area contributed by atoms with E-state index in [1.807, 2.05) is 30.3 Å². The lowest BCUT2D eigenvalue weighted by molar-refractivity contribution is 0.669. The van der Waals surface area contributed by atoms with Crippen LogP contribution in [-0.2, 0) is 0 Å². The summed E-state index contributed by atoms with van der Waals surface area (Å²) < 4.78 is 17.6. The Bertz CT molecular complexity index is 3060. The molecule has 6 heteroatoms. The van der Waals surface area contributed by atoms with Gasteiger partial charge in [0, 0.05) is 43.1 Å². The zero-order valence-electron chi connectivity index (χ0n) is 25.3. The highest BCUT2D eigenvalue weighted by Crippen LogP contribution is 2.46. The first-order chi connectivity index (χ1) is 23.8. The summed E-state index contributed by atoms with van der Waals surface area (Å²) in [7, 11) is 0. The predicted octanol–water partition coefficient (Wildman–Crippen LogP) is 11.9. The van der Waals surface area contributed by atoms with Crippen LogP contribution in [0.25, 0.3) is 104 Å². The highest BCUT2D eigenvalue weighted by molar-refractivity contribution is 7.26. The molecule has 0 aliphatic rings. The third kappa shape index (κ3) is 3.49. The Kier molecular flexibility index (Phi) is 5.20. The number of rotatable bonds is 3. The molecule has 48 heavy (non-hydrogen) atoms. The Hall–Kier alpha value is -6.24. The van der Waals surface area contributed by atoms with Crippen molar-refractivity contribution < 1.29 is 8.83 Å². The van der Waals surface area contributed by atoms with Gasteiger partial charge in [0.05, 0.1) is 16.4 Å². The van der Waals surface area contributed by atoms with Crippen molar-refractivity contribution in [2.24, 2.45) is 0 Å². The van der Waals surface area contributed by atoms with Crippen LogP contribution in [0, 0.1) is 0 Å². The van der Waals surface area contributed by atoms with Crippen LogP contribution in [0.4, 0.5) is 0 Å². The third-order valence-electron chi connectivity index (χ3n) is 9.43. The van der Waals surface area contributed by atoms with Crippen molar-refractivity contribution in [2.45, 2.75) is 0 Å². The Balaban J connectivity index is 1.30. The summed E-state index contributed by atoms with van der Waals surface area (Å²) >= 11 is 1.72. The van der Waals surface area contributed by atoms with Gasteiger partial charge >= 0.3 is 0 Å². The van der Waals surface area contributed by atoms with Crippen LogP contribution >= 0.6 is 11.3 Å². The van der Waals surface area contributed by atoms with E-state index in [0.29, 0.717) is 11.4 Å². The van der Waals surface area contributed by atoms with E-state index in [0.717, 1.165) is 87.4 Å². The van der Waals surface area contributed by atoms with E-state index in [2.05, 4.69) is 114 Å². The van der Waals surface area contributed by atoms with Crippen LogP contribution in [0.15, 0.2) is 148 Å². The van der Waals surface area contributed by atoms with Gasteiger partial charge in [-0.15, -0.1) is 11.3 Å². The van der Waals surface area contributed by atoms with E-state index in [1.54, 1.807) is 11.3 Å². The third-order valence-corrected chi connectivity index (χ3v) is 10.6. The number of para-hydroxylation sites is 2. The van der Waals surface area contributed by atoms with Crippen molar-refractivity contribution >= 4 is 86.5 Å². The first-order valence-corrected chi connectivity index (χ1v) is 16.7. The maximum atomic E-state index is 6.65. The summed E-state index contributed by atoms with van der Waals surface area (Å²) in [5.41, 5.74) is 10.1. The normalized spacial score (nSPS) is 12.2. The van der Waals surface area contributed by atoms with Crippen molar-refractivity contribution in [3.05, 3.63) is 140 Å². The Morgan fingerprint density at radius 3 is 2.19 bits per heavy atom. The van der Waals surface area contributed by atoms with E-state index < -0.39 is 0 Å². The van der Waals surface area contributed by atoms with Crippen molar-refractivity contribution in [1.29, 1.82) is 0 Å². The van der Waals surface area contributed by atoms with Gasteiger partial charge in [-0.2, -0.15) is 0 Å². The summed E-state index contributed by atoms with van der Waals surface area (Å²) in [4.78, 5) is 10.6. The quantitative estimate of drug-likeness (QED) is 0.194. The minimum atomic E-state index is 0.663. The molecule has 5 aromatic heterocycles. The van der Waals surface area contributed by atoms with E-state index in [4.69, 9.17) is 18.8 Å². The van der Waals surface area contributed by atoms with Gasteiger partial charge in [-0.25, -0.2) is 9.97 Å². The lowest BCUT2D eigenvalue weighted by atomic mass is 10.0. The highest BCUT2D eigenvalue weighted by Gasteiger charge is 2.25. The molecular formula is C42H23N3O2S. The molecule has 0 amide bonds. The second-order valence-electron chi connectivity index (χ2n) is 12.1. The molecule has 0 radical (unpaired) electrons. The molecule has 224 valence electrons. The summed E-state index contributed by atoms with van der Waals surface area (Å²) in [6.45, 7) is 0. The molecule has 0 saturated carbocycles. The molecule has 0 saturated heterocycles. The number of hydrogen-bond acceptors (Lipinski definition) is 5. The molecule has 5 heterocycles. The number of thiophene rings is 1. The predicted molar refractivity (Wildman–Crippen MR) is 197 cm³/mol. The number of benzene rings is 6. The van der Waals surface area contributed by atoms with Gasteiger partial charge in [0.15, 0.2) is 17.0 Å². The topological polar surface area (TPSA) is 57.0 Å². The highest BCUT2D eigenvalue weighted by atomic mass is 32.1. The first kappa shape index (κ1) is 25.9. The van der Waals surface area contributed by atoms with Crippen LogP contribution in [0.1, 0.15) is 0 Å². The zero-order chi connectivity index (χ0) is 31.3. The molecule has 0 aliphatic carbocycles. The lowest BCUT2D eigenvalue weighted by Gasteiger charge is -2.09. The molecule has 0 unspecified atom stereocenters. The monoisotopic (exact) mass is 633 g/mol. The number of aromatic nitrogens is 3. The maximum absolute atomic E-state index is 6.65. The average molecular weight is 634 g/mol. The van der Waals surface area contributed by atoms with Crippen LogP contribution in [0.2, 0.25) is 0 Å². The van der Waals surface area contributed by atoms with Gasteiger partial charge in [-0.3, -0.25) is 0 Å². The summed E-state index contributed by atoms with van der Waals surface area (Å²) in [5.74, 6) is 0.663. The van der Waals surface area contributed by atoms with Crippen LogP contribution in [0.3, 0.4) is 0 Å². The molecule has 0 aliphatic heterocycles. The second kappa shape index (κ2) is 9.64. The fourth-order valence-corrected chi connectivity index (χ4v) is 8.51. The van der Waals surface area contributed by atoms with Crippen molar-refractivity contribution in [1.82, 2.24) is 14.5 Å². The molecule has 0 bridgehead atoms. The van der Waals surface area contributed by atoms with E-state index >= 15 is 0 Å². The van der Waals surface area contributed by atoms with Crippen LogP contribution < -0.4 is 0 Å². The lowest BCUT2D eigenvalue weighted by Crippen LogP contribution is -1.95. The van der Waals surface area contributed by atoms with Gasteiger partial charge in [0.2, 0.25) is 0 Å². The van der Waals surface area contributed by atoms with Gasteiger partial charge in [-0.1, -0.05) is 91.0 Å². The van der Waals surface area contributed by atoms with Crippen molar-refractivity contribution in [2.75, 3.05) is 0 Å². The SMILES string of the molecule is c1ccc(-c2nc(-c3cccc4c3c3ccc5oc6ccccc6c5c3n4-c3ccccc3)nc3c2oc2c4ccccc4sc32)cc1. The Morgan fingerprint density at radius 1 is 0.542 bits per heavy atom. The first-order valence-electron chi connectivity index (χ1n) is 15.9. The van der Waals surface area contributed by atoms with Gasteiger partial charge in [0.1, 0.15) is 27.1 Å². The van der Waals surface area contributed by atoms with Gasteiger partial charge in [0.25, 0.3) is 0 Å². The molecule has 0 N–H and O–H groups in total. The molecule has 5 nitrogen and oxygen atoms in total. The number of hydrogen-bond donors (Lipinski definition) is 0.